The number of fused-ring (bicyclic) bond motifs is 2. The summed E-state index contributed by atoms with van der Waals surface area (Å²) in [5, 5.41) is 4.34. The van der Waals surface area contributed by atoms with E-state index in [1.54, 1.807) is 18.2 Å². The molecule has 3 aromatic heterocycles. The maximum atomic E-state index is 13.3. The van der Waals surface area contributed by atoms with Crippen molar-refractivity contribution in [2.45, 2.75) is 0 Å². The zero-order chi connectivity index (χ0) is 24.0. The van der Waals surface area contributed by atoms with Gasteiger partial charge in [-0.3, -0.25) is 18.7 Å². The van der Waals surface area contributed by atoms with E-state index in [-0.39, 0.29) is 16.9 Å². The first-order valence-corrected chi connectivity index (χ1v) is 10.7. The second-order valence-electron chi connectivity index (χ2n) is 7.83. The van der Waals surface area contributed by atoms with Crippen molar-refractivity contribution in [2.75, 3.05) is 5.32 Å². The zero-order valence-corrected chi connectivity index (χ0v) is 19.0. The number of carbonyl (C=O) groups is 1. The fourth-order valence-corrected chi connectivity index (χ4v) is 3.99. The lowest BCUT2D eigenvalue weighted by atomic mass is 10.0. The molecule has 5 rings (SSSR count). The number of rotatable bonds is 3. The number of carbonyl (C=O) groups excluding carboxylic acids is 1. The fourth-order valence-electron chi connectivity index (χ4n) is 3.86. The van der Waals surface area contributed by atoms with Crippen LogP contribution in [0, 0.1) is 0 Å². The zero-order valence-electron chi connectivity index (χ0n) is 18.2. The molecule has 0 aliphatic carbocycles. The number of aryl methyl sites for hydroxylation is 1. The van der Waals surface area contributed by atoms with Gasteiger partial charge in [-0.2, -0.15) is 0 Å². The van der Waals surface area contributed by atoms with Gasteiger partial charge in [-0.05, 0) is 30.3 Å². The quantitative estimate of drug-likeness (QED) is 0.432. The second kappa shape index (κ2) is 8.24. The number of benzene rings is 2. The minimum atomic E-state index is -0.485. The molecule has 8 nitrogen and oxygen atoms in total. The van der Waals surface area contributed by atoms with Crippen molar-refractivity contribution < 1.29 is 4.79 Å². The molecule has 34 heavy (non-hydrogen) atoms. The number of hydrogen-bond donors (Lipinski definition) is 1. The summed E-state index contributed by atoms with van der Waals surface area (Å²) in [6.07, 6.45) is 1.42. The molecule has 9 heteroatoms. The number of nitrogens with one attached hydrogen (secondary N) is 1. The van der Waals surface area contributed by atoms with E-state index in [4.69, 9.17) is 16.6 Å². The van der Waals surface area contributed by atoms with Crippen LogP contribution in [0.3, 0.4) is 0 Å². The summed E-state index contributed by atoms with van der Waals surface area (Å²) in [6.45, 7) is 0. The van der Waals surface area contributed by atoms with Gasteiger partial charge >= 0.3 is 5.69 Å². The van der Waals surface area contributed by atoms with Crippen LogP contribution in [0.1, 0.15) is 10.4 Å². The highest BCUT2D eigenvalue weighted by atomic mass is 35.5. The molecule has 0 saturated heterocycles. The fraction of sp³-hybridized carbons (Fsp3) is 0.0800. The number of halogens is 1. The number of amides is 1. The van der Waals surface area contributed by atoms with E-state index < -0.39 is 11.2 Å². The molecule has 0 fully saturated rings. The van der Waals surface area contributed by atoms with Crippen molar-refractivity contribution in [2.24, 2.45) is 14.1 Å². The van der Waals surface area contributed by atoms with E-state index in [0.29, 0.717) is 32.9 Å². The Hall–Kier alpha value is -4.30. The first kappa shape index (κ1) is 21.5. The summed E-state index contributed by atoms with van der Waals surface area (Å²) >= 11 is 6.01. The van der Waals surface area contributed by atoms with Crippen LogP contribution in [0.5, 0.6) is 0 Å². The van der Waals surface area contributed by atoms with E-state index in [1.165, 1.54) is 30.9 Å². The van der Waals surface area contributed by atoms with Crippen LogP contribution in [0.4, 0.5) is 5.69 Å². The highest BCUT2D eigenvalue weighted by molar-refractivity contribution is 6.30. The lowest BCUT2D eigenvalue weighted by Crippen LogP contribution is -2.37. The van der Waals surface area contributed by atoms with Gasteiger partial charge in [-0.1, -0.05) is 41.9 Å². The van der Waals surface area contributed by atoms with Crippen LogP contribution in [0.25, 0.3) is 33.2 Å². The van der Waals surface area contributed by atoms with Crippen LogP contribution in [-0.4, -0.2) is 25.0 Å². The maximum absolute atomic E-state index is 13.3. The van der Waals surface area contributed by atoms with Gasteiger partial charge in [0, 0.05) is 30.1 Å². The predicted octanol–water partition coefficient (Wildman–Crippen LogP) is 3.75. The van der Waals surface area contributed by atoms with Gasteiger partial charge in [-0.25, -0.2) is 14.8 Å². The van der Waals surface area contributed by atoms with Gasteiger partial charge in [0.2, 0.25) is 0 Å². The molecule has 0 saturated carbocycles. The van der Waals surface area contributed by atoms with Gasteiger partial charge in [0.1, 0.15) is 5.65 Å². The van der Waals surface area contributed by atoms with Crippen LogP contribution in [-0.2, 0) is 14.1 Å². The minimum absolute atomic E-state index is 0.226. The molecule has 1 amide bonds. The molecule has 0 bridgehead atoms. The molecule has 0 unspecified atom stereocenters. The van der Waals surface area contributed by atoms with Crippen LogP contribution in [0.15, 0.2) is 76.4 Å². The number of anilines is 1. The van der Waals surface area contributed by atoms with E-state index >= 15 is 0 Å². The number of pyridine rings is 2. The van der Waals surface area contributed by atoms with Crippen molar-refractivity contribution in [3.05, 3.63) is 98.3 Å². The normalized spacial score (nSPS) is 11.1. The van der Waals surface area contributed by atoms with Gasteiger partial charge in [-0.15, -0.1) is 0 Å². The van der Waals surface area contributed by atoms with Crippen LogP contribution >= 0.6 is 11.6 Å². The predicted molar refractivity (Wildman–Crippen MR) is 132 cm³/mol. The second-order valence-corrected chi connectivity index (χ2v) is 8.27. The van der Waals surface area contributed by atoms with Crippen molar-refractivity contribution in [3.63, 3.8) is 0 Å². The monoisotopic (exact) mass is 471 g/mol. The molecule has 0 atom stereocenters. The smallest absolute Gasteiger partial charge is 0.321 e. The Kier molecular flexibility index (Phi) is 5.22. The summed E-state index contributed by atoms with van der Waals surface area (Å²) in [7, 11) is 2.94. The molecular formula is C25H18ClN5O3. The summed E-state index contributed by atoms with van der Waals surface area (Å²) < 4.78 is 2.29. The molecular weight excluding hydrogens is 454 g/mol. The number of hydrogen-bond acceptors (Lipinski definition) is 5. The van der Waals surface area contributed by atoms with Gasteiger partial charge in [0.25, 0.3) is 11.5 Å². The molecule has 0 aliphatic rings. The van der Waals surface area contributed by atoms with Crippen LogP contribution in [0.2, 0.25) is 5.02 Å². The lowest BCUT2D eigenvalue weighted by Gasteiger charge is -2.12. The summed E-state index contributed by atoms with van der Waals surface area (Å²) in [4.78, 5) is 47.0. The Morgan fingerprint density at radius 2 is 1.68 bits per heavy atom. The third kappa shape index (κ3) is 3.64. The van der Waals surface area contributed by atoms with Crippen LogP contribution < -0.4 is 16.6 Å². The highest BCUT2D eigenvalue weighted by Gasteiger charge is 2.16. The molecule has 1 N–H and O–H groups in total. The summed E-state index contributed by atoms with van der Waals surface area (Å²) in [5.41, 5.74) is 2.15. The Balaban J connectivity index is 1.60. The average molecular weight is 472 g/mol. The number of aromatic nitrogens is 4. The van der Waals surface area contributed by atoms with E-state index in [1.807, 2.05) is 36.4 Å². The van der Waals surface area contributed by atoms with Gasteiger partial charge in [0.15, 0.2) is 0 Å². The minimum Gasteiger partial charge on any atom is -0.321 e. The van der Waals surface area contributed by atoms with Crippen molar-refractivity contribution in [1.82, 2.24) is 19.1 Å². The topological polar surface area (TPSA) is 98.9 Å². The first-order valence-electron chi connectivity index (χ1n) is 10.4. The van der Waals surface area contributed by atoms with Crippen molar-refractivity contribution >= 4 is 45.1 Å². The lowest BCUT2D eigenvalue weighted by molar-refractivity contribution is 0.102. The molecule has 5 aromatic rings. The van der Waals surface area contributed by atoms with E-state index in [2.05, 4.69) is 10.3 Å². The average Bonchev–Trinajstić information content (AvgIpc) is 2.86. The van der Waals surface area contributed by atoms with Crippen molar-refractivity contribution in [1.29, 1.82) is 0 Å². The number of para-hydroxylation sites is 1. The molecule has 2 aromatic carbocycles. The summed E-state index contributed by atoms with van der Waals surface area (Å²) in [6, 6.07) is 17.8. The maximum Gasteiger partial charge on any atom is 0.332 e. The summed E-state index contributed by atoms with van der Waals surface area (Å²) in [5.74, 6) is -0.378. The van der Waals surface area contributed by atoms with Crippen molar-refractivity contribution in [3.8, 4) is 11.3 Å². The molecule has 0 spiro atoms. The standard InChI is InChI=1S/C25H18ClN5O3/c1-30-22-19(24(33)31(2)25(30)34)11-16(13-27-22)28-23(32)18-12-21(14-7-9-15(26)10-8-14)29-20-6-4-3-5-17(18)20/h3-13H,1-2H3,(H,28,32). The third-order valence-electron chi connectivity index (χ3n) is 5.65. The van der Waals surface area contributed by atoms with Gasteiger partial charge in [0.05, 0.1) is 34.0 Å². The SMILES string of the molecule is Cn1c(=O)c2cc(NC(=O)c3cc(-c4ccc(Cl)cc4)nc4ccccc34)cnc2n(C)c1=O. The Labute approximate surface area is 198 Å². The van der Waals surface area contributed by atoms with E-state index in [0.717, 1.165) is 10.1 Å². The highest BCUT2D eigenvalue weighted by Crippen LogP contribution is 2.26. The van der Waals surface area contributed by atoms with E-state index in [9.17, 15) is 14.4 Å². The molecule has 0 aliphatic heterocycles. The molecule has 168 valence electrons. The Morgan fingerprint density at radius 1 is 0.941 bits per heavy atom. The first-order chi connectivity index (χ1) is 16.3. The largest absolute Gasteiger partial charge is 0.332 e. The number of nitrogens with zero attached hydrogens (tertiary/aromatic N) is 4. The molecule has 0 radical (unpaired) electrons. The van der Waals surface area contributed by atoms with Gasteiger partial charge < -0.3 is 5.32 Å². The Morgan fingerprint density at radius 3 is 2.44 bits per heavy atom. The molecule has 3 heterocycles. The third-order valence-corrected chi connectivity index (χ3v) is 5.90. The Bertz CT molecular complexity index is 1720.